The number of hydrogen-bond acceptors (Lipinski definition) is 4. The second-order valence-electron chi connectivity index (χ2n) is 4.62. The van der Waals surface area contributed by atoms with E-state index in [9.17, 15) is 0 Å². The molecule has 0 unspecified atom stereocenters. The van der Waals surface area contributed by atoms with Crippen LogP contribution in [-0.2, 0) is 17.9 Å². The van der Waals surface area contributed by atoms with Crippen LogP contribution in [0.25, 0.3) is 0 Å². The monoisotopic (exact) mass is 309 g/mol. The number of methoxy groups -OCH3 is 1. The van der Waals surface area contributed by atoms with E-state index >= 15 is 0 Å². The fourth-order valence-electron chi connectivity index (χ4n) is 1.98. The third-order valence-corrected chi connectivity index (χ3v) is 3.26. The molecule has 2 rings (SSSR count). The molecule has 0 amide bonds. The van der Waals surface area contributed by atoms with E-state index in [1.807, 2.05) is 30.3 Å². The molecule has 0 aliphatic carbocycles. The number of furan rings is 1. The summed E-state index contributed by atoms with van der Waals surface area (Å²) >= 11 is 5.99. The van der Waals surface area contributed by atoms with E-state index in [4.69, 9.17) is 25.5 Å². The number of hydrogen-bond donors (Lipinski definition) is 1. The van der Waals surface area contributed by atoms with Gasteiger partial charge in [-0.15, -0.1) is 0 Å². The lowest BCUT2D eigenvalue weighted by Crippen LogP contribution is -2.16. The second-order valence-corrected chi connectivity index (χ2v) is 5.05. The Balaban J connectivity index is 1.60. The summed E-state index contributed by atoms with van der Waals surface area (Å²) in [4.78, 5) is 0. The molecular formula is C16H20ClNO3. The van der Waals surface area contributed by atoms with Gasteiger partial charge in [0.1, 0.15) is 18.1 Å². The molecule has 0 bridgehead atoms. The van der Waals surface area contributed by atoms with E-state index in [-0.39, 0.29) is 0 Å². The van der Waals surface area contributed by atoms with Crippen LogP contribution in [-0.4, -0.2) is 20.3 Å². The van der Waals surface area contributed by atoms with Crippen LogP contribution in [0.15, 0.2) is 41.0 Å². The zero-order valence-electron chi connectivity index (χ0n) is 12.1. The average Bonchev–Trinajstić information content (AvgIpc) is 3.00. The van der Waals surface area contributed by atoms with Crippen LogP contribution >= 0.6 is 11.6 Å². The maximum atomic E-state index is 5.99. The molecule has 1 N–H and O–H groups in total. The highest BCUT2D eigenvalue weighted by Crippen LogP contribution is 2.22. The maximum absolute atomic E-state index is 5.99. The number of ether oxygens (including phenoxy) is 2. The van der Waals surface area contributed by atoms with Crippen LogP contribution in [0.4, 0.5) is 0 Å². The summed E-state index contributed by atoms with van der Waals surface area (Å²) in [6.45, 7) is 2.81. The van der Waals surface area contributed by atoms with Crippen molar-refractivity contribution in [3.63, 3.8) is 0 Å². The smallest absolute Gasteiger partial charge is 0.129 e. The van der Waals surface area contributed by atoms with Crippen LogP contribution in [0.3, 0.4) is 0 Å². The van der Waals surface area contributed by atoms with Gasteiger partial charge in [0.25, 0.3) is 0 Å². The third-order valence-electron chi connectivity index (χ3n) is 3.02. The molecule has 21 heavy (non-hydrogen) atoms. The summed E-state index contributed by atoms with van der Waals surface area (Å²) < 4.78 is 16.0. The lowest BCUT2D eigenvalue weighted by molar-refractivity contribution is 0.104. The molecule has 0 aliphatic heterocycles. The van der Waals surface area contributed by atoms with Gasteiger partial charge >= 0.3 is 0 Å². The minimum Gasteiger partial charge on any atom is -0.496 e. The van der Waals surface area contributed by atoms with Crippen LogP contribution < -0.4 is 10.1 Å². The molecule has 0 radical (unpaired) electrons. The lowest BCUT2D eigenvalue weighted by Gasteiger charge is -2.10. The summed E-state index contributed by atoms with van der Waals surface area (Å²) in [7, 11) is 1.66. The van der Waals surface area contributed by atoms with Gasteiger partial charge in [-0.3, -0.25) is 0 Å². The third kappa shape index (κ3) is 5.42. The van der Waals surface area contributed by atoms with Crippen molar-refractivity contribution >= 4 is 11.6 Å². The molecular weight excluding hydrogens is 290 g/mol. The van der Waals surface area contributed by atoms with Gasteiger partial charge in [0, 0.05) is 23.7 Å². The Hall–Kier alpha value is -1.49. The standard InChI is InChI=1S/C16H20ClNO3/c1-19-16-6-5-14(17)10-13(16)11-18-7-3-8-20-12-15-4-2-9-21-15/h2,4-6,9-10,18H,3,7-8,11-12H2,1H3. The molecule has 0 fully saturated rings. The highest BCUT2D eigenvalue weighted by atomic mass is 35.5. The minimum atomic E-state index is 0.523. The minimum absolute atomic E-state index is 0.523. The number of halogens is 1. The Morgan fingerprint density at radius 1 is 1.29 bits per heavy atom. The van der Waals surface area contributed by atoms with E-state index in [1.165, 1.54) is 0 Å². The molecule has 5 heteroatoms. The molecule has 1 aromatic carbocycles. The van der Waals surface area contributed by atoms with Crippen LogP contribution in [0.5, 0.6) is 5.75 Å². The largest absolute Gasteiger partial charge is 0.496 e. The Labute approximate surface area is 130 Å². The van der Waals surface area contributed by atoms with Gasteiger partial charge in [0.05, 0.1) is 13.4 Å². The van der Waals surface area contributed by atoms with E-state index in [0.717, 1.165) is 41.6 Å². The molecule has 0 spiro atoms. The van der Waals surface area contributed by atoms with Gasteiger partial charge in [-0.1, -0.05) is 11.6 Å². The van der Waals surface area contributed by atoms with Gasteiger partial charge in [0.15, 0.2) is 0 Å². The van der Waals surface area contributed by atoms with E-state index in [1.54, 1.807) is 13.4 Å². The van der Waals surface area contributed by atoms with Crippen molar-refractivity contribution < 1.29 is 13.9 Å². The molecule has 114 valence electrons. The number of benzene rings is 1. The van der Waals surface area contributed by atoms with Gasteiger partial charge in [-0.25, -0.2) is 0 Å². The summed E-state index contributed by atoms with van der Waals surface area (Å²) in [6, 6.07) is 9.39. The molecule has 4 nitrogen and oxygen atoms in total. The molecule has 0 saturated carbocycles. The zero-order chi connectivity index (χ0) is 14.9. The molecule has 0 saturated heterocycles. The van der Waals surface area contributed by atoms with Crippen molar-refractivity contribution in [3.05, 3.63) is 52.9 Å². The highest BCUT2D eigenvalue weighted by molar-refractivity contribution is 6.30. The Bertz CT molecular complexity index is 528. The summed E-state index contributed by atoms with van der Waals surface area (Å²) in [5, 5.41) is 4.07. The molecule has 1 heterocycles. The molecule has 0 aliphatic rings. The van der Waals surface area contributed by atoms with E-state index < -0.39 is 0 Å². The Kier molecular flexibility index (Phi) is 6.60. The van der Waals surface area contributed by atoms with Crippen LogP contribution in [0.2, 0.25) is 5.02 Å². The van der Waals surface area contributed by atoms with Crippen molar-refractivity contribution in [2.75, 3.05) is 20.3 Å². The van der Waals surface area contributed by atoms with Gasteiger partial charge in [-0.2, -0.15) is 0 Å². The normalized spacial score (nSPS) is 10.8. The molecule has 2 aromatic rings. The van der Waals surface area contributed by atoms with Crippen molar-refractivity contribution in [3.8, 4) is 5.75 Å². The van der Waals surface area contributed by atoms with E-state index in [0.29, 0.717) is 13.2 Å². The zero-order valence-corrected chi connectivity index (χ0v) is 12.9. The van der Waals surface area contributed by atoms with Crippen LogP contribution in [0, 0.1) is 0 Å². The molecule has 0 atom stereocenters. The first-order chi connectivity index (χ1) is 10.3. The van der Waals surface area contributed by atoms with Crippen molar-refractivity contribution in [1.29, 1.82) is 0 Å². The lowest BCUT2D eigenvalue weighted by atomic mass is 10.2. The first kappa shape index (κ1) is 15.9. The highest BCUT2D eigenvalue weighted by Gasteiger charge is 2.03. The quantitative estimate of drug-likeness (QED) is 0.718. The van der Waals surface area contributed by atoms with Gasteiger partial charge in [-0.05, 0) is 43.3 Å². The molecule has 1 aromatic heterocycles. The fraction of sp³-hybridized carbons (Fsp3) is 0.375. The number of rotatable bonds is 9. The van der Waals surface area contributed by atoms with Crippen LogP contribution in [0.1, 0.15) is 17.7 Å². The Morgan fingerprint density at radius 2 is 2.19 bits per heavy atom. The maximum Gasteiger partial charge on any atom is 0.129 e. The predicted molar refractivity (Wildman–Crippen MR) is 82.7 cm³/mol. The topological polar surface area (TPSA) is 43.6 Å². The Morgan fingerprint density at radius 3 is 2.95 bits per heavy atom. The van der Waals surface area contributed by atoms with Gasteiger partial charge < -0.3 is 19.2 Å². The first-order valence-corrected chi connectivity index (χ1v) is 7.30. The number of nitrogens with one attached hydrogen (secondary N) is 1. The van der Waals surface area contributed by atoms with Gasteiger partial charge in [0.2, 0.25) is 0 Å². The first-order valence-electron chi connectivity index (χ1n) is 6.93. The average molecular weight is 310 g/mol. The predicted octanol–water partition coefficient (Wildman–Crippen LogP) is 3.64. The summed E-state index contributed by atoms with van der Waals surface area (Å²) in [6.07, 6.45) is 2.59. The summed E-state index contributed by atoms with van der Waals surface area (Å²) in [5.41, 5.74) is 1.06. The van der Waals surface area contributed by atoms with Crippen molar-refractivity contribution in [2.24, 2.45) is 0 Å². The summed E-state index contributed by atoms with van der Waals surface area (Å²) in [5.74, 6) is 1.70. The second kappa shape index (κ2) is 8.72. The van der Waals surface area contributed by atoms with Crippen molar-refractivity contribution in [1.82, 2.24) is 5.32 Å². The SMILES string of the molecule is COc1ccc(Cl)cc1CNCCCOCc1ccco1. The van der Waals surface area contributed by atoms with Crippen molar-refractivity contribution in [2.45, 2.75) is 19.6 Å². The fourth-order valence-corrected chi connectivity index (χ4v) is 2.17. The van der Waals surface area contributed by atoms with E-state index in [2.05, 4.69) is 5.32 Å².